The first-order chi connectivity index (χ1) is 8.13. The molecule has 0 aliphatic rings. The van der Waals surface area contributed by atoms with Crippen LogP contribution < -0.4 is 11.3 Å². The first-order valence-corrected chi connectivity index (χ1v) is 6.19. The molecule has 0 amide bonds. The van der Waals surface area contributed by atoms with Crippen LogP contribution in [0.15, 0.2) is 39.6 Å². The van der Waals surface area contributed by atoms with Crippen LogP contribution in [0, 0.1) is 13.8 Å². The minimum absolute atomic E-state index is 0.0660. The van der Waals surface area contributed by atoms with E-state index in [2.05, 4.69) is 53.4 Å². The smallest absolute Gasteiger partial charge is 0.174 e. The Hall–Kier alpha value is -1.10. The van der Waals surface area contributed by atoms with Crippen molar-refractivity contribution in [2.24, 2.45) is 5.84 Å². The number of furan rings is 1. The van der Waals surface area contributed by atoms with Crippen molar-refractivity contribution in [1.29, 1.82) is 0 Å². The molecule has 1 aromatic carbocycles. The highest BCUT2D eigenvalue weighted by molar-refractivity contribution is 9.10. The molecule has 1 heterocycles. The topological polar surface area (TPSA) is 51.2 Å². The van der Waals surface area contributed by atoms with Crippen molar-refractivity contribution < 1.29 is 4.42 Å². The highest BCUT2D eigenvalue weighted by atomic mass is 79.9. The van der Waals surface area contributed by atoms with Crippen molar-refractivity contribution in [1.82, 2.24) is 5.43 Å². The number of rotatable bonds is 3. The summed E-state index contributed by atoms with van der Waals surface area (Å²) in [7, 11) is 0. The summed E-state index contributed by atoms with van der Waals surface area (Å²) in [6.45, 7) is 4.16. The van der Waals surface area contributed by atoms with Gasteiger partial charge < -0.3 is 4.42 Å². The van der Waals surface area contributed by atoms with Gasteiger partial charge in [0.1, 0.15) is 0 Å². The summed E-state index contributed by atoms with van der Waals surface area (Å²) >= 11 is 3.38. The summed E-state index contributed by atoms with van der Waals surface area (Å²) in [6.07, 6.45) is 1.65. The minimum Gasteiger partial charge on any atom is -0.457 e. The largest absolute Gasteiger partial charge is 0.457 e. The van der Waals surface area contributed by atoms with Crippen molar-refractivity contribution >= 4 is 15.9 Å². The molecule has 0 aliphatic carbocycles. The fraction of sp³-hybridized carbons (Fsp3) is 0.231. The molecule has 2 rings (SSSR count). The summed E-state index contributed by atoms with van der Waals surface area (Å²) in [5.74, 6) is 5.66. The Morgan fingerprint density at radius 1 is 1.24 bits per heavy atom. The van der Waals surface area contributed by atoms with Gasteiger partial charge in [-0.05, 0) is 47.0 Å². The van der Waals surface area contributed by atoms with E-state index in [0.29, 0.717) is 4.67 Å². The average molecular weight is 295 g/mol. The zero-order valence-corrected chi connectivity index (χ0v) is 11.4. The van der Waals surface area contributed by atoms with Crippen LogP contribution in [0.3, 0.4) is 0 Å². The quantitative estimate of drug-likeness (QED) is 0.675. The number of hydrazine groups is 1. The summed E-state index contributed by atoms with van der Waals surface area (Å²) in [6, 6.07) is 8.17. The highest BCUT2D eigenvalue weighted by Crippen LogP contribution is 2.30. The molecule has 17 heavy (non-hydrogen) atoms. The third kappa shape index (κ3) is 2.44. The number of benzene rings is 1. The van der Waals surface area contributed by atoms with E-state index in [-0.39, 0.29) is 6.04 Å². The van der Waals surface area contributed by atoms with Crippen molar-refractivity contribution in [2.75, 3.05) is 0 Å². The lowest BCUT2D eigenvalue weighted by atomic mass is 9.96. The van der Waals surface area contributed by atoms with Gasteiger partial charge >= 0.3 is 0 Å². The monoisotopic (exact) mass is 294 g/mol. The Morgan fingerprint density at radius 3 is 2.53 bits per heavy atom. The van der Waals surface area contributed by atoms with Gasteiger partial charge in [0, 0.05) is 5.56 Å². The lowest BCUT2D eigenvalue weighted by molar-refractivity contribution is 0.526. The van der Waals surface area contributed by atoms with Gasteiger partial charge in [0.25, 0.3) is 0 Å². The summed E-state index contributed by atoms with van der Waals surface area (Å²) < 4.78 is 5.96. The van der Waals surface area contributed by atoms with E-state index >= 15 is 0 Å². The van der Waals surface area contributed by atoms with Gasteiger partial charge in [-0.3, -0.25) is 5.84 Å². The standard InChI is InChI=1S/C13H15BrN2O/c1-8-3-4-10(9(2)7-8)12(16-15)11-5-6-17-13(11)14/h3-7,12,16H,15H2,1-2H3. The van der Waals surface area contributed by atoms with E-state index in [1.54, 1.807) is 6.26 Å². The third-order valence-electron chi connectivity index (χ3n) is 2.86. The van der Waals surface area contributed by atoms with Gasteiger partial charge in [-0.15, -0.1) is 0 Å². The highest BCUT2D eigenvalue weighted by Gasteiger charge is 2.18. The number of aryl methyl sites for hydroxylation is 2. The Labute approximate surface area is 109 Å². The van der Waals surface area contributed by atoms with Crippen LogP contribution in [0.4, 0.5) is 0 Å². The van der Waals surface area contributed by atoms with Crippen LogP contribution in [0.5, 0.6) is 0 Å². The molecule has 3 N–H and O–H groups in total. The van der Waals surface area contributed by atoms with E-state index in [9.17, 15) is 0 Å². The van der Waals surface area contributed by atoms with Crippen molar-refractivity contribution in [3.63, 3.8) is 0 Å². The van der Waals surface area contributed by atoms with E-state index in [1.165, 1.54) is 11.1 Å². The van der Waals surface area contributed by atoms with Crippen LogP contribution in [0.1, 0.15) is 28.3 Å². The van der Waals surface area contributed by atoms with Gasteiger partial charge in [-0.25, -0.2) is 5.43 Å². The van der Waals surface area contributed by atoms with Crippen LogP contribution in [0.25, 0.3) is 0 Å². The Balaban J connectivity index is 2.46. The van der Waals surface area contributed by atoms with Crippen LogP contribution in [-0.4, -0.2) is 0 Å². The van der Waals surface area contributed by atoms with Crippen LogP contribution >= 0.6 is 15.9 Å². The number of hydrogen-bond donors (Lipinski definition) is 2. The first-order valence-electron chi connectivity index (χ1n) is 5.39. The predicted octanol–water partition coefficient (Wildman–Crippen LogP) is 3.21. The average Bonchev–Trinajstić information content (AvgIpc) is 2.69. The molecule has 0 aliphatic heterocycles. The second-order valence-electron chi connectivity index (χ2n) is 4.11. The molecule has 3 nitrogen and oxygen atoms in total. The zero-order chi connectivity index (χ0) is 12.4. The summed E-state index contributed by atoms with van der Waals surface area (Å²) in [5, 5.41) is 0. The van der Waals surface area contributed by atoms with Crippen molar-refractivity contribution in [3.8, 4) is 0 Å². The molecule has 0 spiro atoms. The second-order valence-corrected chi connectivity index (χ2v) is 4.83. The number of nitrogens with two attached hydrogens (primary N) is 1. The van der Waals surface area contributed by atoms with E-state index in [0.717, 1.165) is 11.1 Å². The SMILES string of the molecule is Cc1ccc(C(NN)c2ccoc2Br)c(C)c1. The molecule has 2 aromatic rings. The van der Waals surface area contributed by atoms with E-state index in [4.69, 9.17) is 10.3 Å². The number of nitrogens with one attached hydrogen (secondary N) is 1. The maximum absolute atomic E-state index is 5.66. The Morgan fingerprint density at radius 2 is 2.00 bits per heavy atom. The van der Waals surface area contributed by atoms with Crippen molar-refractivity contribution in [2.45, 2.75) is 19.9 Å². The van der Waals surface area contributed by atoms with Gasteiger partial charge in [0.2, 0.25) is 0 Å². The number of halogens is 1. The maximum atomic E-state index is 5.66. The van der Waals surface area contributed by atoms with Crippen LogP contribution in [-0.2, 0) is 0 Å². The normalized spacial score (nSPS) is 12.7. The number of hydrogen-bond acceptors (Lipinski definition) is 3. The zero-order valence-electron chi connectivity index (χ0n) is 9.83. The molecule has 0 bridgehead atoms. The van der Waals surface area contributed by atoms with E-state index < -0.39 is 0 Å². The summed E-state index contributed by atoms with van der Waals surface area (Å²) in [4.78, 5) is 0. The molecule has 1 atom stereocenters. The van der Waals surface area contributed by atoms with Gasteiger partial charge in [-0.1, -0.05) is 23.8 Å². The molecule has 4 heteroatoms. The molecule has 1 unspecified atom stereocenters. The maximum Gasteiger partial charge on any atom is 0.174 e. The summed E-state index contributed by atoms with van der Waals surface area (Å²) in [5.41, 5.74) is 7.44. The molecular weight excluding hydrogens is 280 g/mol. The molecule has 0 radical (unpaired) electrons. The minimum atomic E-state index is -0.0660. The van der Waals surface area contributed by atoms with Crippen LogP contribution in [0.2, 0.25) is 0 Å². The lowest BCUT2D eigenvalue weighted by Crippen LogP contribution is -2.29. The fourth-order valence-corrected chi connectivity index (χ4v) is 2.48. The van der Waals surface area contributed by atoms with Crippen molar-refractivity contribution in [3.05, 3.63) is 57.5 Å². The molecule has 0 saturated heterocycles. The Bertz CT molecular complexity index is 522. The molecule has 0 saturated carbocycles. The molecule has 0 fully saturated rings. The third-order valence-corrected chi connectivity index (χ3v) is 3.50. The molecule has 1 aromatic heterocycles. The van der Waals surface area contributed by atoms with Gasteiger partial charge in [0.05, 0.1) is 12.3 Å². The lowest BCUT2D eigenvalue weighted by Gasteiger charge is -2.18. The van der Waals surface area contributed by atoms with Gasteiger partial charge in [-0.2, -0.15) is 0 Å². The first kappa shape index (κ1) is 12.4. The predicted molar refractivity (Wildman–Crippen MR) is 71.5 cm³/mol. The molecular formula is C13H15BrN2O. The Kier molecular flexibility index (Phi) is 3.66. The van der Waals surface area contributed by atoms with Gasteiger partial charge in [0.15, 0.2) is 4.67 Å². The molecule has 90 valence electrons. The second kappa shape index (κ2) is 5.04. The fourth-order valence-electron chi connectivity index (χ4n) is 2.01. The van der Waals surface area contributed by atoms with E-state index in [1.807, 2.05) is 6.07 Å².